The summed E-state index contributed by atoms with van der Waals surface area (Å²) in [5.41, 5.74) is 3.42. The molecule has 4 rings (SSSR count). The highest BCUT2D eigenvalue weighted by atomic mass is 16.4. The average molecular weight is 297 g/mol. The number of aromatic carboxylic acids is 1. The lowest BCUT2D eigenvalue weighted by Gasteiger charge is -1.99. The third-order valence-corrected chi connectivity index (χ3v) is 4.32. The van der Waals surface area contributed by atoms with Crippen LogP contribution >= 0.6 is 0 Å². The molecule has 0 radical (unpaired) electrons. The minimum absolute atomic E-state index is 0.244. The van der Waals surface area contributed by atoms with Gasteiger partial charge in [-0.1, -0.05) is 13.0 Å². The van der Waals surface area contributed by atoms with Crippen molar-refractivity contribution in [3.05, 3.63) is 53.7 Å². The van der Waals surface area contributed by atoms with E-state index >= 15 is 0 Å². The van der Waals surface area contributed by atoms with E-state index in [9.17, 15) is 4.79 Å². The summed E-state index contributed by atoms with van der Waals surface area (Å²) in [6.07, 6.45) is 8.47. The number of carboxylic acids is 1. The van der Waals surface area contributed by atoms with E-state index in [0.717, 1.165) is 17.3 Å². The Morgan fingerprint density at radius 3 is 3.00 bits per heavy atom. The molecule has 0 spiro atoms. The van der Waals surface area contributed by atoms with E-state index in [2.05, 4.69) is 33.7 Å². The second-order valence-corrected chi connectivity index (χ2v) is 6.07. The van der Waals surface area contributed by atoms with Gasteiger partial charge in [0.05, 0.1) is 6.20 Å². The Labute approximate surface area is 127 Å². The summed E-state index contributed by atoms with van der Waals surface area (Å²) in [6.45, 7) is 2.79. The van der Waals surface area contributed by atoms with Gasteiger partial charge in [-0.3, -0.25) is 0 Å². The molecule has 1 aliphatic carbocycles. The van der Waals surface area contributed by atoms with Gasteiger partial charge in [0.1, 0.15) is 16.9 Å². The number of fused-ring (bicyclic) bond motifs is 1. The number of aromatic nitrogens is 4. The molecule has 2 atom stereocenters. The molecule has 3 heterocycles. The van der Waals surface area contributed by atoms with E-state index in [4.69, 9.17) is 5.11 Å². The molecule has 2 unspecified atom stereocenters. The topological polar surface area (TPSA) is 74.3 Å². The Balaban J connectivity index is 1.60. The van der Waals surface area contributed by atoms with Crippen LogP contribution in [0.15, 0.2) is 36.9 Å². The third-order valence-electron chi connectivity index (χ3n) is 4.32. The summed E-state index contributed by atoms with van der Waals surface area (Å²) in [5.74, 6) is 0.531. The van der Waals surface area contributed by atoms with Crippen LogP contribution in [0.5, 0.6) is 0 Å². The van der Waals surface area contributed by atoms with Crippen LogP contribution in [0, 0.1) is 5.92 Å². The zero-order valence-corrected chi connectivity index (χ0v) is 12.2. The summed E-state index contributed by atoms with van der Waals surface area (Å²) in [4.78, 5) is 15.5. The summed E-state index contributed by atoms with van der Waals surface area (Å²) in [7, 11) is 0. The van der Waals surface area contributed by atoms with Crippen LogP contribution in [0.2, 0.25) is 0 Å². The van der Waals surface area contributed by atoms with Crippen molar-refractivity contribution in [3.63, 3.8) is 0 Å². The van der Waals surface area contributed by atoms with Gasteiger partial charge >= 0.3 is 5.97 Å². The lowest BCUT2D eigenvalue weighted by molar-refractivity contribution is -0.742. The minimum atomic E-state index is -0.937. The largest absolute Gasteiger partial charge is 0.477 e. The Bertz CT molecular complexity index is 864. The molecule has 0 saturated heterocycles. The van der Waals surface area contributed by atoms with Crippen LogP contribution < -0.4 is 4.68 Å². The van der Waals surface area contributed by atoms with Crippen molar-refractivity contribution in [1.29, 1.82) is 0 Å². The van der Waals surface area contributed by atoms with Gasteiger partial charge in [-0.2, -0.15) is 5.10 Å². The molecule has 6 heteroatoms. The SMILES string of the molecule is CC1CC1c1ccc2nc(C[n+]3cc(C(=O)O)c[nH]3)cn2c1. The number of pyridine rings is 1. The van der Waals surface area contributed by atoms with E-state index in [1.165, 1.54) is 18.2 Å². The second-order valence-electron chi connectivity index (χ2n) is 6.07. The van der Waals surface area contributed by atoms with Crippen LogP contribution in [0.4, 0.5) is 0 Å². The van der Waals surface area contributed by atoms with Gasteiger partial charge in [0.2, 0.25) is 12.7 Å². The normalized spacial score (nSPS) is 20.4. The van der Waals surface area contributed by atoms with Gasteiger partial charge in [0.25, 0.3) is 0 Å². The van der Waals surface area contributed by atoms with Crippen LogP contribution in [0.1, 0.15) is 40.9 Å². The predicted molar refractivity (Wildman–Crippen MR) is 78.8 cm³/mol. The first-order valence-corrected chi connectivity index (χ1v) is 7.39. The molecule has 6 nitrogen and oxygen atoms in total. The lowest BCUT2D eigenvalue weighted by Crippen LogP contribution is -2.35. The van der Waals surface area contributed by atoms with E-state index in [-0.39, 0.29) is 5.56 Å². The molecule has 3 aromatic heterocycles. The van der Waals surface area contributed by atoms with Crippen LogP contribution in [0.25, 0.3) is 5.65 Å². The maximum absolute atomic E-state index is 10.9. The summed E-state index contributed by atoms with van der Waals surface area (Å²) >= 11 is 0. The zero-order valence-electron chi connectivity index (χ0n) is 12.2. The van der Waals surface area contributed by atoms with Gasteiger partial charge in [0, 0.05) is 12.4 Å². The van der Waals surface area contributed by atoms with Gasteiger partial charge in [-0.05, 0) is 29.9 Å². The molecular formula is C16H17N4O2+. The first kappa shape index (κ1) is 13.1. The fourth-order valence-corrected chi connectivity index (χ4v) is 2.92. The van der Waals surface area contributed by atoms with Gasteiger partial charge in [0.15, 0.2) is 0 Å². The highest BCUT2D eigenvalue weighted by molar-refractivity contribution is 5.86. The molecule has 2 N–H and O–H groups in total. The number of carboxylic acid groups (broad SMARTS) is 1. The molecule has 0 aliphatic heterocycles. The predicted octanol–water partition coefficient (Wildman–Crippen LogP) is 1.82. The van der Waals surface area contributed by atoms with Gasteiger partial charge < -0.3 is 9.51 Å². The Hall–Kier alpha value is -2.63. The summed E-state index contributed by atoms with van der Waals surface area (Å²) in [5, 5.41) is 11.8. The standard InChI is InChI=1S/C16H16N4O2/c1-10-4-14(10)11-2-3-15-18-13(8-19(15)6-11)9-20-7-12(5-17-20)16(21)22/h2-3,5-8,10,14H,4,9H2,1H3,(H,21,22)/p+1. The Morgan fingerprint density at radius 2 is 2.32 bits per heavy atom. The minimum Gasteiger partial charge on any atom is -0.477 e. The monoisotopic (exact) mass is 297 g/mol. The van der Waals surface area contributed by atoms with Gasteiger partial charge in [-0.15, -0.1) is 4.68 Å². The summed E-state index contributed by atoms with van der Waals surface area (Å²) < 4.78 is 3.77. The maximum atomic E-state index is 10.9. The number of nitrogens with zero attached hydrogens (tertiary/aromatic N) is 3. The molecule has 0 bridgehead atoms. The fraction of sp³-hybridized carbons (Fsp3) is 0.312. The lowest BCUT2D eigenvalue weighted by atomic mass is 10.1. The van der Waals surface area contributed by atoms with Crippen molar-refractivity contribution in [1.82, 2.24) is 14.5 Å². The Morgan fingerprint density at radius 1 is 1.50 bits per heavy atom. The molecule has 112 valence electrons. The molecule has 3 aromatic rings. The number of nitrogens with one attached hydrogen (secondary N) is 1. The van der Waals surface area contributed by atoms with Crippen LogP contribution in [0.3, 0.4) is 0 Å². The number of imidazole rings is 1. The molecule has 1 aliphatic rings. The molecule has 1 saturated carbocycles. The van der Waals surface area contributed by atoms with Crippen molar-refractivity contribution >= 4 is 11.6 Å². The Kier molecular flexibility index (Phi) is 2.79. The van der Waals surface area contributed by atoms with Gasteiger partial charge in [-0.25, -0.2) is 9.78 Å². The zero-order chi connectivity index (χ0) is 15.3. The highest BCUT2D eigenvalue weighted by Crippen LogP contribution is 2.46. The first-order valence-electron chi connectivity index (χ1n) is 7.39. The number of rotatable bonds is 4. The molecule has 22 heavy (non-hydrogen) atoms. The van der Waals surface area contributed by atoms with E-state index in [1.54, 1.807) is 10.9 Å². The summed E-state index contributed by atoms with van der Waals surface area (Å²) in [6, 6.07) is 4.20. The molecule has 0 amide bonds. The van der Waals surface area contributed by atoms with Crippen molar-refractivity contribution in [2.24, 2.45) is 5.92 Å². The van der Waals surface area contributed by atoms with Crippen molar-refractivity contribution < 1.29 is 14.6 Å². The van der Waals surface area contributed by atoms with E-state index < -0.39 is 5.97 Å². The maximum Gasteiger partial charge on any atom is 0.343 e. The van der Waals surface area contributed by atoms with E-state index in [1.807, 2.05) is 12.3 Å². The highest BCUT2D eigenvalue weighted by Gasteiger charge is 2.34. The average Bonchev–Trinajstić information content (AvgIpc) is 2.90. The van der Waals surface area contributed by atoms with Crippen molar-refractivity contribution in [2.45, 2.75) is 25.8 Å². The third kappa shape index (κ3) is 2.26. The van der Waals surface area contributed by atoms with Crippen molar-refractivity contribution in [3.8, 4) is 0 Å². The number of aromatic amines is 1. The molecule has 0 aromatic carbocycles. The quantitative estimate of drug-likeness (QED) is 0.721. The van der Waals surface area contributed by atoms with Crippen LogP contribution in [-0.2, 0) is 6.54 Å². The molecule has 1 fully saturated rings. The number of hydrogen-bond acceptors (Lipinski definition) is 2. The number of H-pyrrole nitrogens is 1. The van der Waals surface area contributed by atoms with E-state index in [0.29, 0.717) is 12.5 Å². The number of hydrogen-bond donors (Lipinski definition) is 2. The second kappa shape index (κ2) is 4.69. The van der Waals surface area contributed by atoms with Crippen molar-refractivity contribution in [2.75, 3.05) is 0 Å². The smallest absolute Gasteiger partial charge is 0.343 e. The molecular weight excluding hydrogens is 280 g/mol. The van der Waals surface area contributed by atoms with Crippen LogP contribution in [-0.4, -0.2) is 25.6 Å². The number of carbonyl (C=O) groups is 1. The first-order chi connectivity index (χ1) is 10.6. The fourth-order valence-electron chi connectivity index (χ4n) is 2.92.